The first-order chi connectivity index (χ1) is 10.2. The fraction of sp³-hybridized carbons (Fsp3) is 0.235. The fourth-order valence-electron chi connectivity index (χ4n) is 2.76. The lowest BCUT2D eigenvalue weighted by molar-refractivity contribution is -0.366. The van der Waals surface area contributed by atoms with Crippen LogP contribution in [-0.2, 0) is 17.6 Å². The van der Waals surface area contributed by atoms with Crippen LogP contribution in [0.15, 0.2) is 40.8 Å². The van der Waals surface area contributed by atoms with Gasteiger partial charge in [0.2, 0.25) is 0 Å². The number of carboxylic acid groups (broad SMARTS) is 1. The summed E-state index contributed by atoms with van der Waals surface area (Å²) in [4.78, 5) is 10.8. The minimum Gasteiger partial charge on any atom is -0.481 e. The van der Waals surface area contributed by atoms with E-state index in [0.717, 1.165) is 46.0 Å². The maximum atomic E-state index is 10.8. The van der Waals surface area contributed by atoms with E-state index in [9.17, 15) is 4.79 Å². The van der Waals surface area contributed by atoms with Crippen LogP contribution in [0.25, 0.3) is 21.9 Å². The Kier molecular flexibility index (Phi) is 3.62. The van der Waals surface area contributed by atoms with E-state index in [4.69, 9.17) is 9.52 Å². The van der Waals surface area contributed by atoms with Crippen LogP contribution in [0, 0.1) is 0 Å². The monoisotopic (exact) mass is 284 g/mol. The van der Waals surface area contributed by atoms with Crippen molar-refractivity contribution in [3.63, 3.8) is 0 Å². The highest BCUT2D eigenvalue weighted by molar-refractivity contribution is 6.06. The van der Waals surface area contributed by atoms with Crippen LogP contribution in [0.4, 0.5) is 0 Å². The number of aliphatic carboxylic acids is 1. The minimum absolute atomic E-state index is 0.113. The number of aryl methyl sites for hydroxylation is 1. The average Bonchev–Trinajstić information content (AvgIpc) is 2.86. The van der Waals surface area contributed by atoms with Crippen LogP contribution >= 0.6 is 0 Å². The highest BCUT2D eigenvalue weighted by atomic mass is 16.4. The summed E-state index contributed by atoms with van der Waals surface area (Å²) in [5, 5.41) is 11.0. The molecule has 0 aliphatic heterocycles. The molecule has 0 bridgehead atoms. The zero-order chi connectivity index (χ0) is 14.8. The van der Waals surface area contributed by atoms with Gasteiger partial charge in [0.05, 0.1) is 6.54 Å². The molecule has 3 aromatic rings. The Labute approximate surface area is 122 Å². The summed E-state index contributed by atoms with van der Waals surface area (Å²) in [5.74, 6) is -0.791. The predicted octanol–water partition coefficient (Wildman–Crippen LogP) is 2.39. The molecule has 4 nitrogen and oxygen atoms in total. The van der Waals surface area contributed by atoms with Crippen LogP contribution in [0.3, 0.4) is 0 Å². The molecule has 4 N–H and O–H groups in total. The van der Waals surface area contributed by atoms with Crippen LogP contribution in [0.2, 0.25) is 0 Å². The Bertz CT molecular complexity index is 804. The van der Waals surface area contributed by atoms with E-state index in [2.05, 4.69) is 17.9 Å². The SMILES string of the molecule is [NH3+]CCc1cccc2c1oc1c(CCC(=O)O)cccc12. The summed E-state index contributed by atoms with van der Waals surface area (Å²) in [5.41, 5.74) is 7.72. The number of carboxylic acids is 1. The molecule has 0 unspecified atom stereocenters. The van der Waals surface area contributed by atoms with Gasteiger partial charge in [0.25, 0.3) is 0 Å². The van der Waals surface area contributed by atoms with Crippen LogP contribution in [0.1, 0.15) is 17.5 Å². The molecule has 0 radical (unpaired) electrons. The summed E-state index contributed by atoms with van der Waals surface area (Å²) in [6, 6.07) is 12.1. The van der Waals surface area contributed by atoms with Gasteiger partial charge < -0.3 is 15.3 Å². The standard InChI is InChI=1S/C17H17NO3/c18-10-9-12-4-2-6-14-13-5-1-3-11(7-8-15(19)20)16(13)21-17(12)14/h1-6H,7-10,18H2,(H,19,20)/p+1. The summed E-state index contributed by atoms with van der Waals surface area (Å²) in [6.45, 7) is 0.821. The highest BCUT2D eigenvalue weighted by Gasteiger charge is 2.13. The van der Waals surface area contributed by atoms with Crippen molar-refractivity contribution >= 4 is 27.9 Å². The molecule has 0 spiro atoms. The molecule has 0 aliphatic carbocycles. The second kappa shape index (κ2) is 5.58. The molecule has 1 heterocycles. The molecule has 21 heavy (non-hydrogen) atoms. The van der Waals surface area contributed by atoms with Gasteiger partial charge in [-0.1, -0.05) is 36.4 Å². The van der Waals surface area contributed by atoms with Gasteiger partial charge in [-0.05, 0) is 12.0 Å². The molecule has 1 aromatic heterocycles. The summed E-state index contributed by atoms with van der Waals surface area (Å²) >= 11 is 0. The molecule has 0 saturated heterocycles. The maximum Gasteiger partial charge on any atom is 0.303 e. The Morgan fingerprint density at radius 3 is 2.10 bits per heavy atom. The third-order valence-electron chi connectivity index (χ3n) is 3.74. The molecule has 0 fully saturated rings. The predicted molar refractivity (Wildman–Crippen MR) is 81.1 cm³/mol. The molecule has 0 atom stereocenters. The van der Waals surface area contributed by atoms with Crippen molar-refractivity contribution in [3.05, 3.63) is 47.5 Å². The van der Waals surface area contributed by atoms with Gasteiger partial charge in [-0.25, -0.2) is 0 Å². The summed E-state index contributed by atoms with van der Waals surface area (Å²) in [6.07, 6.45) is 1.47. The van der Waals surface area contributed by atoms with Crippen molar-refractivity contribution in [3.8, 4) is 0 Å². The van der Waals surface area contributed by atoms with Crippen molar-refractivity contribution < 1.29 is 20.1 Å². The molecule has 0 saturated carbocycles. The molecule has 3 rings (SSSR count). The van der Waals surface area contributed by atoms with E-state index in [-0.39, 0.29) is 6.42 Å². The van der Waals surface area contributed by atoms with Crippen LogP contribution < -0.4 is 5.73 Å². The van der Waals surface area contributed by atoms with Gasteiger partial charge in [0.15, 0.2) is 0 Å². The molecular formula is C17H18NO3+. The highest BCUT2D eigenvalue weighted by Crippen LogP contribution is 2.33. The molecule has 4 heteroatoms. The third-order valence-corrected chi connectivity index (χ3v) is 3.74. The van der Waals surface area contributed by atoms with Crippen molar-refractivity contribution in [2.75, 3.05) is 6.54 Å². The molecule has 0 amide bonds. The van der Waals surface area contributed by atoms with Crippen molar-refractivity contribution in [1.82, 2.24) is 0 Å². The number of rotatable bonds is 5. The first-order valence-corrected chi connectivity index (χ1v) is 7.13. The molecule has 2 aromatic carbocycles. The summed E-state index contributed by atoms with van der Waals surface area (Å²) in [7, 11) is 0. The smallest absolute Gasteiger partial charge is 0.303 e. The quantitative estimate of drug-likeness (QED) is 0.755. The lowest BCUT2D eigenvalue weighted by atomic mass is 10.0. The Balaban J connectivity index is 2.17. The second-order valence-corrected chi connectivity index (χ2v) is 5.19. The number of hydrogen-bond acceptors (Lipinski definition) is 2. The minimum atomic E-state index is -0.791. The second-order valence-electron chi connectivity index (χ2n) is 5.19. The number of hydrogen-bond donors (Lipinski definition) is 2. The Morgan fingerprint density at radius 1 is 1.00 bits per heavy atom. The third kappa shape index (κ3) is 2.50. The summed E-state index contributed by atoms with van der Waals surface area (Å²) < 4.78 is 6.08. The average molecular weight is 284 g/mol. The van der Waals surface area contributed by atoms with E-state index in [0.29, 0.717) is 6.42 Å². The molecule has 0 aliphatic rings. The number of carbonyl (C=O) groups is 1. The van der Waals surface area contributed by atoms with Gasteiger partial charge in [-0.3, -0.25) is 4.79 Å². The van der Waals surface area contributed by atoms with Gasteiger partial charge >= 0.3 is 5.97 Å². The largest absolute Gasteiger partial charge is 0.481 e. The van der Waals surface area contributed by atoms with Crippen molar-refractivity contribution in [1.29, 1.82) is 0 Å². The first-order valence-electron chi connectivity index (χ1n) is 7.13. The maximum absolute atomic E-state index is 10.8. The zero-order valence-corrected chi connectivity index (χ0v) is 11.8. The van der Waals surface area contributed by atoms with Gasteiger partial charge in [-0.2, -0.15) is 0 Å². The van der Waals surface area contributed by atoms with Crippen LogP contribution in [0.5, 0.6) is 0 Å². The lowest BCUT2D eigenvalue weighted by Gasteiger charge is -1.99. The van der Waals surface area contributed by atoms with E-state index < -0.39 is 5.97 Å². The molecular weight excluding hydrogens is 266 g/mol. The number of quaternary nitrogens is 1. The molecule has 108 valence electrons. The topological polar surface area (TPSA) is 78.1 Å². The number of para-hydroxylation sites is 2. The number of benzene rings is 2. The normalized spacial score (nSPS) is 11.3. The van der Waals surface area contributed by atoms with Gasteiger partial charge in [0.1, 0.15) is 11.2 Å². The van der Waals surface area contributed by atoms with E-state index >= 15 is 0 Å². The zero-order valence-electron chi connectivity index (χ0n) is 11.8. The van der Waals surface area contributed by atoms with E-state index in [1.54, 1.807) is 0 Å². The van der Waals surface area contributed by atoms with E-state index in [1.807, 2.05) is 24.3 Å². The Hall–Kier alpha value is -2.33. The van der Waals surface area contributed by atoms with Crippen LogP contribution in [-0.4, -0.2) is 17.6 Å². The van der Waals surface area contributed by atoms with Gasteiger partial charge in [0, 0.05) is 29.2 Å². The number of fused-ring (bicyclic) bond motifs is 3. The van der Waals surface area contributed by atoms with E-state index in [1.165, 1.54) is 0 Å². The van der Waals surface area contributed by atoms with Crippen molar-refractivity contribution in [2.24, 2.45) is 0 Å². The fourth-order valence-corrected chi connectivity index (χ4v) is 2.76. The van der Waals surface area contributed by atoms with Crippen molar-refractivity contribution in [2.45, 2.75) is 19.3 Å². The number of furan rings is 1. The lowest BCUT2D eigenvalue weighted by Crippen LogP contribution is -2.51. The first kappa shape index (κ1) is 13.6. The Morgan fingerprint density at radius 2 is 1.57 bits per heavy atom. The van der Waals surface area contributed by atoms with Gasteiger partial charge in [-0.15, -0.1) is 0 Å².